The van der Waals surface area contributed by atoms with Crippen LogP contribution < -0.4 is 4.74 Å². The summed E-state index contributed by atoms with van der Waals surface area (Å²) >= 11 is 6.32. The molecule has 0 fully saturated rings. The van der Waals surface area contributed by atoms with Gasteiger partial charge in [-0.1, -0.05) is 25.4 Å². The summed E-state index contributed by atoms with van der Waals surface area (Å²) in [5.41, 5.74) is 4.32. The number of hydrogen-bond donors (Lipinski definition) is 0. The van der Waals surface area contributed by atoms with Crippen molar-refractivity contribution >= 4 is 22.5 Å². The number of ether oxygens (including phenoxy) is 1. The third-order valence-electron chi connectivity index (χ3n) is 5.01. The van der Waals surface area contributed by atoms with Crippen molar-refractivity contribution in [2.75, 3.05) is 0 Å². The van der Waals surface area contributed by atoms with E-state index in [-0.39, 0.29) is 11.9 Å². The molecule has 2 aromatic carbocycles. The lowest BCUT2D eigenvalue weighted by atomic mass is 10.0. The molecule has 2 atom stereocenters. The molecule has 1 aliphatic rings. The number of fused-ring (bicyclic) bond motifs is 2. The molecule has 0 saturated carbocycles. The van der Waals surface area contributed by atoms with E-state index >= 15 is 0 Å². The average molecular weight is 356 g/mol. The van der Waals surface area contributed by atoms with E-state index in [9.17, 15) is 4.39 Å². The molecular formula is C21H19ClFNO. The van der Waals surface area contributed by atoms with E-state index in [4.69, 9.17) is 16.3 Å². The fourth-order valence-corrected chi connectivity index (χ4v) is 4.04. The molecule has 1 heterocycles. The van der Waals surface area contributed by atoms with Crippen LogP contribution in [0.2, 0.25) is 5.02 Å². The molecule has 3 aromatic rings. The molecule has 0 saturated heterocycles. The average Bonchev–Trinajstić information content (AvgIpc) is 2.92. The van der Waals surface area contributed by atoms with Crippen molar-refractivity contribution in [3.8, 4) is 5.75 Å². The van der Waals surface area contributed by atoms with E-state index in [1.165, 1.54) is 17.2 Å². The predicted molar refractivity (Wildman–Crippen MR) is 98.8 cm³/mol. The number of aromatic nitrogens is 1. The molecule has 1 aliphatic carbocycles. The Hall–Kier alpha value is -2.13. The molecule has 0 amide bonds. The van der Waals surface area contributed by atoms with Gasteiger partial charge in [0, 0.05) is 22.5 Å². The first-order valence-corrected chi connectivity index (χ1v) is 8.97. The second-order valence-electron chi connectivity index (χ2n) is 6.65. The minimum atomic E-state index is -0.286. The van der Waals surface area contributed by atoms with Crippen LogP contribution in [0.25, 0.3) is 10.9 Å². The van der Waals surface area contributed by atoms with Gasteiger partial charge in [-0.15, -0.1) is 0 Å². The Morgan fingerprint density at radius 3 is 2.92 bits per heavy atom. The van der Waals surface area contributed by atoms with E-state index in [1.807, 2.05) is 12.1 Å². The van der Waals surface area contributed by atoms with Gasteiger partial charge in [-0.2, -0.15) is 0 Å². The Balaban J connectivity index is 1.79. The van der Waals surface area contributed by atoms with Crippen LogP contribution in [0, 0.1) is 11.7 Å². The van der Waals surface area contributed by atoms with E-state index in [1.54, 1.807) is 24.4 Å². The van der Waals surface area contributed by atoms with Gasteiger partial charge in [0.15, 0.2) is 0 Å². The zero-order valence-electron chi connectivity index (χ0n) is 14.2. The number of aryl methyl sites for hydroxylation is 1. The Morgan fingerprint density at radius 1 is 1.28 bits per heavy atom. The zero-order valence-corrected chi connectivity index (χ0v) is 15.0. The van der Waals surface area contributed by atoms with Crippen LogP contribution >= 0.6 is 11.6 Å². The standard InChI is InChI=1S/C21H19ClFNO/c1-3-13-10-14(22)11-17-16(13)9-12(2)21(17)25-19-7-6-18(23)15-5-4-8-24-20(15)19/h4-8,10-12,21H,3,9H2,1-2H3/t12?,21-/m1/s1. The summed E-state index contributed by atoms with van der Waals surface area (Å²) in [5, 5.41) is 1.21. The lowest BCUT2D eigenvalue weighted by molar-refractivity contribution is 0.161. The first-order valence-electron chi connectivity index (χ1n) is 8.59. The van der Waals surface area contributed by atoms with Crippen LogP contribution in [0.5, 0.6) is 5.75 Å². The minimum absolute atomic E-state index is 0.102. The number of benzene rings is 2. The molecule has 0 bridgehead atoms. The van der Waals surface area contributed by atoms with E-state index in [0.717, 1.165) is 23.4 Å². The van der Waals surface area contributed by atoms with Gasteiger partial charge >= 0.3 is 0 Å². The van der Waals surface area contributed by atoms with E-state index in [2.05, 4.69) is 18.8 Å². The van der Waals surface area contributed by atoms with Crippen LogP contribution in [0.1, 0.15) is 36.6 Å². The monoisotopic (exact) mass is 355 g/mol. The van der Waals surface area contributed by atoms with Crippen LogP contribution in [-0.4, -0.2) is 4.98 Å². The summed E-state index contributed by atoms with van der Waals surface area (Å²) in [4.78, 5) is 4.33. The summed E-state index contributed by atoms with van der Waals surface area (Å²) in [7, 11) is 0. The molecule has 0 aliphatic heterocycles. The molecule has 4 heteroatoms. The van der Waals surface area contributed by atoms with Gasteiger partial charge in [-0.3, -0.25) is 4.98 Å². The highest BCUT2D eigenvalue weighted by atomic mass is 35.5. The van der Waals surface area contributed by atoms with E-state index in [0.29, 0.717) is 22.6 Å². The Kier molecular flexibility index (Phi) is 4.12. The quantitative estimate of drug-likeness (QED) is 0.583. The van der Waals surface area contributed by atoms with Crippen molar-refractivity contribution in [2.45, 2.75) is 32.8 Å². The molecule has 25 heavy (non-hydrogen) atoms. The highest BCUT2D eigenvalue weighted by molar-refractivity contribution is 6.30. The van der Waals surface area contributed by atoms with Crippen molar-refractivity contribution in [1.82, 2.24) is 4.98 Å². The molecule has 1 aromatic heterocycles. The lowest BCUT2D eigenvalue weighted by Crippen LogP contribution is -2.12. The fourth-order valence-electron chi connectivity index (χ4n) is 3.79. The number of pyridine rings is 1. The molecular weight excluding hydrogens is 337 g/mol. The van der Waals surface area contributed by atoms with Crippen molar-refractivity contribution < 1.29 is 9.13 Å². The fraction of sp³-hybridized carbons (Fsp3) is 0.286. The maximum absolute atomic E-state index is 14.0. The minimum Gasteiger partial charge on any atom is -0.483 e. The molecule has 128 valence electrons. The van der Waals surface area contributed by atoms with Gasteiger partial charge in [0.05, 0.1) is 0 Å². The summed E-state index contributed by atoms with van der Waals surface area (Å²) in [6.45, 7) is 4.32. The molecule has 0 N–H and O–H groups in total. The maximum atomic E-state index is 14.0. The lowest BCUT2D eigenvalue weighted by Gasteiger charge is -2.20. The summed E-state index contributed by atoms with van der Waals surface area (Å²) in [5.74, 6) is 0.647. The second kappa shape index (κ2) is 6.30. The number of hydrogen-bond acceptors (Lipinski definition) is 2. The molecule has 4 rings (SSSR count). The third-order valence-corrected chi connectivity index (χ3v) is 5.22. The van der Waals surface area contributed by atoms with Crippen molar-refractivity contribution in [3.05, 3.63) is 70.1 Å². The predicted octanol–water partition coefficient (Wildman–Crippen LogP) is 5.90. The summed E-state index contributed by atoms with van der Waals surface area (Å²) in [6.07, 6.45) is 3.47. The second-order valence-corrected chi connectivity index (χ2v) is 7.09. The third kappa shape index (κ3) is 2.77. The van der Waals surface area contributed by atoms with Gasteiger partial charge in [-0.25, -0.2) is 4.39 Å². The van der Waals surface area contributed by atoms with Gasteiger partial charge in [-0.05, 0) is 65.9 Å². The summed E-state index contributed by atoms with van der Waals surface area (Å²) in [6, 6.07) is 10.6. The van der Waals surface area contributed by atoms with Crippen LogP contribution in [0.3, 0.4) is 0 Å². The topological polar surface area (TPSA) is 22.1 Å². The van der Waals surface area contributed by atoms with Crippen LogP contribution in [-0.2, 0) is 12.8 Å². The molecule has 0 radical (unpaired) electrons. The Morgan fingerprint density at radius 2 is 2.12 bits per heavy atom. The van der Waals surface area contributed by atoms with E-state index < -0.39 is 0 Å². The molecule has 0 spiro atoms. The van der Waals surface area contributed by atoms with Gasteiger partial charge in [0.1, 0.15) is 23.2 Å². The van der Waals surface area contributed by atoms with Gasteiger partial charge < -0.3 is 4.74 Å². The highest BCUT2D eigenvalue weighted by Crippen LogP contribution is 2.43. The number of halogens is 2. The van der Waals surface area contributed by atoms with Crippen LogP contribution in [0.4, 0.5) is 4.39 Å². The number of rotatable bonds is 3. The van der Waals surface area contributed by atoms with Gasteiger partial charge in [0.25, 0.3) is 0 Å². The van der Waals surface area contributed by atoms with Crippen molar-refractivity contribution in [3.63, 3.8) is 0 Å². The van der Waals surface area contributed by atoms with Crippen LogP contribution in [0.15, 0.2) is 42.6 Å². The smallest absolute Gasteiger partial charge is 0.146 e. The highest BCUT2D eigenvalue weighted by Gasteiger charge is 2.33. The summed E-state index contributed by atoms with van der Waals surface area (Å²) < 4.78 is 20.4. The maximum Gasteiger partial charge on any atom is 0.146 e. The Bertz CT molecular complexity index is 956. The first kappa shape index (κ1) is 16.3. The Labute approximate surface area is 151 Å². The molecule has 1 unspecified atom stereocenters. The van der Waals surface area contributed by atoms with Crippen molar-refractivity contribution in [2.24, 2.45) is 5.92 Å². The SMILES string of the molecule is CCc1cc(Cl)cc2c1CC(C)[C@H]2Oc1ccc(F)c2cccnc12. The first-order chi connectivity index (χ1) is 12.1. The number of nitrogens with zero attached hydrogens (tertiary/aromatic N) is 1. The van der Waals surface area contributed by atoms with Crippen molar-refractivity contribution in [1.29, 1.82) is 0 Å². The zero-order chi connectivity index (χ0) is 17.6. The normalized spacial score (nSPS) is 19.2. The molecule has 2 nitrogen and oxygen atoms in total. The largest absolute Gasteiger partial charge is 0.483 e. The van der Waals surface area contributed by atoms with Gasteiger partial charge in [0.2, 0.25) is 0 Å².